The lowest BCUT2D eigenvalue weighted by Crippen LogP contribution is -2.16. The standard InChI is InChI=1S/C14H18BrNO2/c1-9-12(7-11(15)8-13(9)16)14(17)18-6-5-10-3-2-4-10/h7-8,10H,2-6,16H2,1H3. The summed E-state index contributed by atoms with van der Waals surface area (Å²) in [5.74, 6) is 0.478. The van der Waals surface area contributed by atoms with Crippen LogP contribution in [0.3, 0.4) is 0 Å². The summed E-state index contributed by atoms with van der Waals surface area (Å²) >= 11 is 3.34. The highest BCUT2D eigenvalue weighted by molar-refractivity contribution is 9.10. The maximum absolute atomic E-state index is 12.0. The lowest BCUT2D eigenvalue weighted by molar-refractivity contribution is 0.0463. The number of hydrogen-bond donors (Lipinski definition) is 1. The molecule has 0 heterocycles. The fourth-order valence-corrected chi connectivity index (χ4v) is 2.57. The third-order valence-electron chi connectivity index (χ3n) is 3.62. The van der Waals surface area contributed by atoms with Crippen molar-refractivity contribution < 1.29 is 9.53 Å². The third-order valence-corrected chi connectivity index (χ3v) is 4.07. The maximum Gasteiger partial charge on any atom is 0.338 e. The first-order valence-corrected chi connectivity index (χ1v) is 7.10. The molecule has 2 N–H and O–H groups in total. The van der Waals surface area contributed by atoms with Gasteiger partial charge < -0.3 is 10.5 Å². The highest BCUT2D eigenvalue weighted by Gasteiger charge is 2.18. The van der Waals surface area contributed by atoms with Crippen molar-refractivity contribution in [1.82, 2.24) is 0 Å². The lowest BCUT2D eigenvalue weighted by atomic mass is 9.83. The molecule has 1 aliphatic rings. The molecular weight excluding hydrogens is 294 g/mol. The topological polar surface area (TPSA) is 52.3 Å². The molecule has 0 amide bonds. The minimum atomic E-state index is -0.278. The number of hydrogen-bond acceptors (Lipinski definition) is 3. The van der Waals surface area contributed by atoms with E-state index in [1.165, 1.54) is 19.3 Å². The summed E-state index contributed by atoms with van der Waals surface area (Å²) in [4.78, 5) is 12.0. The van der Waals surface area contributed by atoms with Crippen molar-refractivity contribution in [2.75, 3.05) is 12.3 Å². The second-order valence-electron chi connectivity index (χ2n) is 4.89. The first kappa shape index (κ1) is 13.4. The van der Waals surface area contributed by atoms with Crippen molar-refractivity contribution >= 4 is 27.6 Å². The van der Waals surface area contributed by atoms with Crippen molar-refractivity contribution in [2.45, 2.75) is 32.6 Å². The van der Waals surface area contributed by atoms with Crippen LogP contribution in [0.25, 0.3) is 0 Å². The first-order valence-electron chi connectivity index (χ1n) is 6.30. The maximum atomic E-state index is 12.0. The predicted molar refractivity (Wildman–Crippen MR) is 75.5 cm³/mol. The Bertz CT molecular complexity index is 455. The molecule has 1 aromatic carbocycles. The SMILES string of the molecule is Cc1c(N)cc(Br)cc1C(=O)OCCC1CCC1. The van der Waals surface area contributed by atoms with Crippen LogP contribution >= 0.6 is 15.9 Å². The molecule has 0 aromatic heterocycles. The molecule has 0 unspecified atom stereocenters. The van der Waals surface area contributed by atoms with E-state index in [4.69, 9.17) is 10.5 Å². The average Bonchev–Trinajstić information content (AvgIpc) is 2.26. The van der Waals surface area contributed by atoms with Crippen molar-refractivity contribution in [3.63, 3.8) is 0 Å². The summed E-state index contributed by atoms with van der Waals surface area (Å²) in [7, 11) is 0. The molecule has 0 atom stereocenters. The molecule has 0 radical (unpaired) electrons. The van der Waals surface area contributed by atoms with Crippen LogP contribution in [-0.2, 0) is 4.74 Å². The van der Waals surface area contributed by atoms with Crippen molar-refractivity contribution in [2.24, 2.45) is 5.92 Å². The molecule has 3 nitrogen and oxygen atoms in total. The van der Waals surface area contributed by atoms with Gasteiger partial charge >= 0.3 is 5.97 Å². The molecule has 18 heavy (non-hydrogen) atoms. The number of halogens is 1. The van der Waals surface area contributed by atoms with Gasteiger partial charge in [0.25, 0.3) is 0 Å². The van der Waals surface area contributed by atoms with E-state index in [1.54, 1.807) is 12.1 Å². The lowest BCUT2D eigenvalue weighted by Gasteiger charge is -2.24. The van der Waals surface area contributed by atoms with Gasteiger partial charge in [-0.05, 0) is 37.0 Å². The molecule has 4 heteroatoms. The number of anilines is 1. The smallest absolute Gasteiger partial charge is 0.338 e. The van der Waals surface area contributed by atoms with E-state index in [0.717, 1.165) is 22.4 Å². The second-order valence-corrected chi connectivity index (χ2v) is 5.80. The van der Waals surface area contributed by atoms with Crippen molar-refractivity contribution in [1.29, 1.82) is 0 Å². The molecule has 98 valence electrons. The van der Waals surface area contributed by atoms with Gasteiger partial charge in [-0.25, -0.2) is 4.79 Å². The Morgan fingerprint density at radius 1 is 1.50 bits per heavy atom. The van der Waals surface area contributed by atoms with Gasteiger partial charge in [0.15, 0.2) is 0 Å². The summed E-state index contributed by atoms with van der Waals surface area (Å²) in [5, 5.41) is 0. The highest BCUT2D eigenvalue weighted by atomic mass is 79.9. The molecule has 1 saturated carbocycles. The van der Waals surface area contributed by atoms with Gasteiger partial charge in [0, 0.05) is 10.2 Å². The monoisotopic (exact) mass is 311 g/mol. The van der Waals surface area contributed by atoms with E-state index in [2.05, 4.69) is 15.9 Å². The molecular formula is C14H18BrNO2. The number of carbonyl (C=O) groups is 1. The number of nitrogen functional groups attached to an aromatic ring is 1. The van der Waals surface area contributed by atoms with Crippen molar-refractivity contribution in [3.8, 4) is 0 Å². The van der Waals surface area contributed by atoms with Crippen molar-refractivity contribution in [3.05, 3.63) is 27.7 Å². The quantitative estimate of drug-likeness (QED) is 0.681. The van der Waals surface area contributed by atoms with Crippen LogP contribution in [0, 0.1) is 12.8 Å². The average molecular weight is 312 g/mol. The Morgan fingerprint density at radius 3 is 2.83 bits per heavy atom. The molecule has 1 aromatic rings. The zero-order valence-electron chi connectivity index (χ0n) is 10.5. The Hall–Kier alpha value is -1.03. The minimum absolute atomic E-state index is 0.278. The molecule has 1 fully saturated rings. The van der Waals surface area contributed by atoms with Crippen LogP contribution in [-0.4, -0.2) is 12.6 Å². The van der Waals surface area contributed by atoms with E-state index >= 15 is 0 Å². The normalized spacial score (nSPS) is 15.2. The molecule has 0 saturated heterocycles. The number of carbonyl (C=O) groups excluding carboxylic acids is 1. The van der Waals surface area contributed by atoms with Gasteiger partial charge in [-0.2, -0.15) is 0 Å². The van der Waals surface area contributed by atoms with Crippen LogP contribution in [0.5, 0.6) is 0 Å². The van der Waals surface area contributed by atoms with Crippen LogP contribution in [0.15, 0.2) is 16.6 Å². The third kappa shape index (κ3) is 3.05. The summed E-state index contributed by atoms with van der Waals surface area (Å²) < 4.78 is 6.11. The Morgan fingerprint density at radius 2 is 2.22 bits per heavy atom. The van der Waals surface area contributed by atoms with E-state index in [-0.39, 0.29) is 5.97 Å². The Balaban J connectivity index is 1.95. The van der Waals surface area contributed by atoms with Gasteiger partial charge in [0.1, 0.15) is 0 Å². The fraction of sp³-hybridized carbons (Fsp3) is 0.500. The van der Waals surface area contributed by atoms with Crippen LogP contribution < -0.4 is 5.73 Å². The molecule has 0 bridgehead atoms. The summed E-state index contributed by atoms with van der Waals surface area (Å²) in [6.45, 7) is 2.35. The molecule has 2 rings (SSSR count). The largest absolute Gasteiger partial charge is 0.462 e. The number of benzene rings is 1. The molecule has 1 aliphatic carbocycles. The molecule has 0 aliphatic heterocycles. The first-order chi connectivity index (χ1) is 8.58. The van der Waals surface area contributed by atoms with Gasteiger partial charge in [0.05, 0.1) is 12.2 Å². The Kier molecular flexibility index (Phi) is 4.27. The minimum Gasteiger partial charge on any atom is -0.462 e. The zero-order chi connectivity index (χ0) is 13.1. The number of ether oxygens (including phenoxy) is 1. The van der Waals surface area contributed by atoms with E-state index in [0.29, 0.717) is 17.9 Å². The summed E-state index contributed by atoms with van der Waals surface area (Å²) in [6, 6.07) is 3.55. The number of nitrogens with two attached hydrogens (primary N) is 1. The van der Waals surface area contributed by atoms with Crippen LogP contribution in [0.2, 0.25) is 0 Å². The fourth-order valence-electron chi connectivity index (χ4n) is 2.09. The van der Waals surface area contributed by atoms with Gasteiger partial charge in [-0.3, -0.25) is 0 Å². The second kappa shape index (κ2) is 5.74. The number of esters is 1. The van der Waals surface area contributed by atoms with E-state index in [9.17, 15) is 4.79 Å². The van der Waals surface area contributed by atoms with E-state index in [1.807, 2.05) is 6.92 Å². The molecule has 0 spiro atoms. The van der Waals surface area contributed by atoms with E-state index < -0.39 is 0 Å². The van der Waals surface area contributed by atoms with Gasteiger partial charge in [-0.15, -0.1) is 0 Å². The highest BCUT2D eigenvalue weighted by Crippen LogP contribution is 2.29. The summed E-state index contributed by atoms with van der Waals surface area (Å²) in [5.41, 5.74) is 7.77. The summed E-state index contributed by atoms with van der Waals surface area (Å²) in [6.07, 6.45) is 4.86. The zero-order valence-corrected chi connectivity index (χ0v) is 12.1. The van der Waals surface area contributed by atoms with Gasteiger partial charge in [0.2, 0.25) is 0 Å². The predicted octanol–water partition coefficient (Wildman–Crippen LogP) is 3.69. The number of rotatable bonds is 4. The van der Waals surface area contributed by atoms with Gasteiger partial charge in [-0.1, -0.05) is 35.2 Å². The van der Waals surface area contributed by atoms with Crippen LogP contribution in [0.4, 0.5) is 5.69 Å². The Labute approximate surface area is 116 Å². The van der Waals surface area contributed by atoms with Crippen LogP contribution in [0.1, 0.15) is 41.6 Å².